The van der Waals surface area contributed by atoms with Crippen LogP contribution < -0.4 is 11.1 Å². The monoisotopic (exact) mass is 479 g/mol. The second kappa shape index (κ2) is 10.6. The number of nitrogens with two attached hydrogens (primary N) is 1. The summed E-state index contributed by atoms with van der Waals surface area (Å²) < 4.78 is 19.7. The maximum Gasteiger partial charge on any atom is 0.270 e. The van der Waals surface area contributed by atoms with Crippen molar-refractivity contribution in [2.75, 3.05) is 45.1 Å². The Labute approximate surface area is 201 Å². The van der Waals surface area contributed by atoms with Crippen molar-refractivity contribution in [2.24, 2.45) is 0 Å². The van der Waals surface area contributed by atoms with Crippen LogP contribution in [0.4, 0.5) is 10.3 Å². The number of rotatable bonds is 7. The van der Waals surface area contributed by atoms with E-state index < -0.39 is 17.5 Å². The lowest BCUT2D eigenvalue weighted by molar-refractivity contribution is 0.0383. The number of phenolic OH excluding ortho intramolecular Hbond substituents is 1. The van der Waals surface area contributed by atoms with Crippen LogP contribution >= 0.6 is 0 Å². The molecule has 9 nitrogen and oxygen atoms in total. The summed E-state index contributed by atoms with van der Waals surface area (Å²) in [5, 5.41) is 13.2. The number of carbonyl (C=O) groups is 2. The fourth-order valence-electron chi connectivity index (χ4n) is 3.81. The van der Waals surface area contributed by atoms with Crippen molar-refractivity contribution in [1.82, 2.24) is 20.2 Å². The highest BCUT2D eigenvalue weighted by Crippen LogP contribution is 2.30. The van der Waals surface area contributed by atoms with E-state index in [0.29, 0.717) is 31.9 Å². The van der Waals surface area contributed by atoms with Crippen molar-refractivity contribution in [3.05, 3.63) is 70.7 Å². The third kappa shape index (κ3) is 5.79. The van der Waals surface area contributed by atoms with E-state index in [2.05, 4.69) is 20.2 Å². The minimum atomic E-state index is -0.632. The molecule has 1 amide bonds. The lowest BCUT2D eigenvalue weighted by atomic mass is 9.98. The van der Waals surface area contributed by atoms with Gasteiger partial charge >= 0.3 is 0 Å². The van der Waals surface area contributed by atoms with Gasteiger partial charge in [0.05, 0.1) is 24.5 Å². The number of nitrogens with zero attached hydrogens (tertiary/aromatic N) is 3. The van der Waals surface area contributed by atoms with Gasteiger partial charge in [0.25, 0.3) is 5.91 Å². The maximum atomic E-state index is 14.3. The largest absolute Gasteiger partial charge is 0.507 e. The number of nitrogen functional groups attached to an aromatic ring is 1. The quantitative estimate of drug-likeness (QED) is 0.440. The highest BCUT2D eigenvalue weighted by atomic mass is 19.1. The Kier molecular flexibility index (Phi) is 7.33. The third-order valence-electron chi connectivity index (χ3n) is 5.70. The zero-order valence-electron chi connectivity index (χ0n) is 19.3. The standard InChI is InChI=1S/C25H26FN5O4/c1-15-2-4-17(19(26)12-15)23(33)16-3-5-22(32)18(13-16)20-14-21(30-25(27)29-20)24(34)28-6-7-31-8-10-35-11-9-31/h2-5,12-14,32H,6-11H2,1H3,(H,28,34)(H2,27,29,30). The van der Waals surface area contributed by atoms with Crippen LogP contribution in [0, 0.1) is 12.7 Å². The number of ketones is 1. The van der Waals surface area contributed by atoms with Crippen molar-refractivity contribution >= 4 is 17.6 Å². The first kappa shape index (κ1) is 24.2. The topological polar surface area (TPSA) is 131 Å². The normalized spacial score (nSPS) is 14.0. The molecule has 0 atom stereocenters. The van der Waals surface area contributed by atoms with E-state index in [1.807, 2.05) is 0 Å². The van der Waals surface area contributed by atoms with Crippen molar-refractivity contribution < 1.29 is 23.8 Å². The first-order valence-corrected chi connectivity index (χ1v) is 11.2. The average Bonchev–Trinajstić information content (AvgIpc) is 2.84. The van der Waals surface area contributed by atoms with Crippen LogP contribution in [-0.2, 0) is 4.74 Å². The molecule has 4 N–H and O–H groups in total. The summed E-state index contributed by atoms with van der Waals surface area (Å²) in [5.74, 6) is -1.97. The van der Waals surface area contributed by atoms with Gasteiger partial charge < -0.3 is 20.9 Å². The smallest absolute Gasteiger partial charge is 0.270 e. The number of aromatic nitrogens is 2. The molecular formula is C25H26FN5O4. The third-order valence-corrected chi connectivity index (χ3v) is 5.70. The van der Waals surface area contributed by atoms with Crippen molar-refractivity contribution in [1.29, 1.82) is 0 Å². The number of hydrogen-bond acceptors (Lipinski definition) is 8. The van der Waals surface area contributed by atoms with Gasteiger partial charge in [0, 0.05) is 37.3 Å². The van der Waals surface area contributed by atoms with Gasteiger partial charge in [-0.25, -0.2) is 14.4 Å². The van der Waals surface area contributed by atoms with E-state index in [0.717, 1.165) is 13.1 Å². The minimum Gasteiger partial charge on any atom is -0.507 e. The summed E-state index contributed by atoms with van der Waals surface area (Å²) in [6, 6.07) is 9.83. The number of aromatic hydroxyl groups is 1. The fourth-order valence-corrected chi connectivity index (χ4v) is 3.81. The zero-order chi connectivity index (χ0) is 24.9. The number of phenols is 1. The second-order valence-electron chi connectivity index (χ2n) is 8.25. The van der Waals surface area contributed by atoms with Gasteiger partial charge in [0.1, 0.15) is 17.3 Å². The van der Waals surface area contributed by atoms with Crippen LogP contribution in [0.25, 0.3) is 11.3 Å². The average molecular weight is 480 g/mol. The number of benzene rings is 2. The summed E-state index contributed by atoms with van der Waals surface area (Å²) in [5.41, 5.74) is 6.93. The summed E-state index contributed by atoms with van der Waals surface area (Å²) in [6.07, 6.45) is 0. The van der Waals surface area contributed by atoms with Crippen LogP contribution in [0.1, 0.15) is 32.0 Å². The zero-order valence-corrected chi connectivity index (χ0v) is 19.3. The number of ether oxygens (including phenoxy) is 1. The molecule has 1 aliphatic rings. The lowest BCUT2D eigenvalue weighted by Crippen LogP contribution is -2.41. The van der Waals surface area contributed by atoms with Crippen LogP contribution in [0.2, 0.25) is 0 Å². The molecule has 1 fully saturated rings. The molecule has 0 radical (unpaired) electrons. The van der Waals surface area contributed by atoms with Crippen molar-refractivity contribution in [3.63, 3.8) is 0 Å². The molecule has 3 aromatic rings. The SMILES string of the molecule is Cc1ccc(C(=O)c2ccc(O)c(-c3cc(C(=O)NCCN4CCOCC4)nc(N)n3)c2)c(F)c1. The number of halogens is 1. The maximum absolute atomic E-state index is 14.3. The van der Waals surface area contributed by atoms with Gasteiger partial charge in [-0.15, -0.1) is 0 Å². The molecule has 4 rings (SSSR count). The lowest BCUT2D eigenvalue weighted by Gasteiger charge is -2.26. The summed E-state index contributed by atoms with van der Waals surface area (Å²) in [4.78, 5) is 35.9. The molecule has 2 aromatic carbocycles. The first-order valence-electron chi connectivity index (χ1n) is 11.2. The van der Waals surface area contributed by atoms with Gasteiger partial charge in [0.15, 0.2) is 5.78 Å². The molecule has 0 aliphatic carbocycles. The molecule has 182 valence electrons. The predicted molar refractivity (Wildman–Crippen MR) is 128 cm³/mol. The second-order valence-corrected chi connectivity index (χ2v) is 8.25. The summed E-state index contributed by atoms with van der Waals surface area (Å²) in [6.45, 7) is 5.76. The van der Waals surface area contributed by atoms with Gasteiger partial charge in [-0.05, 0) is 48.9 Å². The highest BCUT2D eigenvalue weighted by molar-refractivity contribution is 6.10. The number of aryl methyl sites for hydroxylation is 1. The Balaban J connectivity index is 1.55. The molecule has 35 heavy (non-hydrogen) atoms. The number of anilines is 1. The molecule has 1 aromatic heterocycles. The summed E-state index contributed by atoms with van der Waals surface area (Å²) in [7, 11) is 0. The molecule has 0 bridgehead atoms. The number of amides is 1. The van der Waals surface area contributed by atoms with Crippen LogP contribution in [0.5, 0.6) is 5.75 Å². The molecular weight excluding hydrogens is 453 g/mol. The number of nitrogens with one attached hydrogen (secondary N) is 1. The van der Waals surface area contributed by atoms with E-state index in [4.69, 9.17) is 10.5 Å². The number of hydrogen-bond donors (Lipinski definition) is 3. The number of morpholine rings is 1. The van der Waals surface area contributed by atoms with Crippen LogP contribution in [-0.4, -0.2) is 71.1 Å². The Morgan fingerprint density at radius 1 is 1.14 bits per heavy atom. The summed E-state index contributed by atoms with van der Waals surface area (Å²) >= 11 is 0. The van der Waals surface area contributed by atoms with E-state index in [1.165, 1.54) is 36.4 Å². The molecule has 0 saturated carbocycles. The molecule has 0 unspecified atom stereocenters. The van der Waals surface area contributed by atoms with E-state index in [1.54, 1.807) is 13.0 Å². The van der Waals surface area contributed by atoms with Gasteiger partial charge in [-0.2, -0.15) is 0 Å². The van der Waals surface area contributed by atoms with Gasteiger partial charge in [-0.3, -0.25) is 14.5 Å². The molecule has 0 spiro atoms. The number of carbonyl (C=O) groups excluding carboxylic acids is 2. The van der Waals surface area contributed by atoms with Crippen molar-refractivity contribution in [2.45, 2.75) is 6.92 Å². The highest BCUT2D eigenvalue weighted by Gasteiger charge is 2.19. The molecule has 1 saturated heterocycles. The molecule has 10 heteroatoms. The Morgan fingerprint density at radius 3 is 2.66 bits per heavy atom. The Hall–Kier alpha value is -3.89. The fraction of sp³-hybridized carbons (Fsp3) is 0.280. The van der Waals surface area contributed by atoms with Crippen molar-refractivity contribution in [3.8, 4) is 17.0 Å². The van der Waals surface area contributed by atoms with Gasteiger partial charge in [-0.1, -0.05) is 6.07 Å². The van der Waals surface area contributed by atoms with Crippen LogP contribution in [0.3, 0.4) is 0 Å². The van der Waals surface area contributed by atoms with E-state index in [-0.39, 0.29) is 39.8 Å². The van der Waals surface area contributed by atoms with Gasteiger partial charge in [0.2, 0.25) is 5.95 Å². The Morgan fingerprint density at radius 2 is 1.91 bits per heavy atom. The molecule has 1 aliphatic heterocycles. The minimum absolute atomic E-state index is 0.0233. The molecule has 2 heterocycles. The van der Waals surface area contributed by atoms with E-state index >= 15 is 0 Å². The van der Waals surface area contributed by atoms with E-state index in [9.17, 15) is 19.1 Å². The predicted octanol–water partition coefficient (Wildman–Crippen LogP) is 2.17. The van der Waals surface area contributed by atoms with Crippen LogP contribution in [0.15, 0.2) is 42.5 Å². The Bertz CT molecular complexity index is 1260. The first-order chi connectivity index (χ1) is 16.8.